The zero-order valence-corrected chi connectivity index (χ0v) is 13.9. The largest absolute Gasteiger partial charge is 0.370 e. The molecule has 24 heavy (non-hydrogen) atoms. The molecule has 1 aliphatic carbocycles. The Hall–Kier alpha value is -2.39. The second kappa shape index (κ2) is 6.25. The average Bonchev–Trinajstić information content (AvgIpc) is 3.07. The number of ether oxygens (including phenoxy) is 1. The van der Waals surface area contributed by atoms with Crippen molar-refractivity contribution in [2.24, 2.45) is 7.05 Å². The van der Waals surface area contributed by atoms with Crippen LogP contribution in [-0.4, -0.2) is 34.5 Å². The lowest BCUT2D eigenvalue weighted by molar-refractivity contribution is 0.0394. The number of morpholine rings is 1. The van der Waals surface area contributed by atoms with Crippen LogP contribution < -0.4 is 4.90 Å². The van der Waals surface area contributed by atoms with Crippen molar-refractivity contribution in [1.29, 1.82) is 5.26 Å². The van der Waals surface area contributed by atoms with E-state index in [1.807, 2.05) is 25.5 Å². The maximum Gasteiger partial charge on any atom is 0.147 e. The highest BCUT2D eigenvalue weighted by atomic mass is 16.5. The summed E-state index contributed by atoms with van der Waals surface area (Å²) in [5.41, 5.74) is 4.17. The van der Waals surface area contributed by atoms with Crippen LogP contribution >= 0.6 is 0 Å². The van der Waals surface area contributed by atoms with Gasteiger partial charge < -0.3 is 9.64 Å². The minimum atomic E-state index is -0.0307. The van der Waals surface area contributed by atoms with Crippen molar-refractivity contribution in [3.05, 3.63) is 40.8 Å². The van der Waals surface area contributed by atoms with Crippen LogP contribution in [0.2, 0.25) is 0 Å². The van der Waals surface area contributed by atoms with Gasteiger partial charge in [-0.3, -0.25) is 4.68 Å². The van der Waals surface area contributed by atoms with E-state index >= 15 is 0 Å². The molecule has 2 aromatic rings. The molecule has 3 heterocycles. The lowest BCUT2D eigenvalue weighted by atomic mass is 9.94. The van der Waals surface area contributed by atoms with Gasteiger partial charge in [-0.15, -0.1) is 0 Å². The molecule has 6 nitrogen and oxygen atoms in total. The molecule has 6 heteroatoms. The number of anilines is 1. The summed E-state index contributed by atoms with van der Waals surface area (Å²) in [5, 5.41) is 13.8. The summed E-state index contributed by atoms with van der Waals surface area (Å²) in [6.07, 6.45) is 8.24. The summed E-state index contributed by atoms with van der Waals surface area (Å²) >= 11 is 0. The van der Waals surface area contributed by atoms with Gasteiger partial charge in [-0.2, -0.15) is 10.4 Å². The van der Waals surface area contributed by atoms with E-state index in [1.54, 1.807) is 4.68 Å². The van der Waals surface area contributed by atoms with Gasteiger partial charge in [0.2, 0.25) is 0 Å². The van der Waals surface area contributed by atoms with Crippen molar-refractivity contribution in [2.45, 2.75) is 31.8 Å². The van der Waals surface area contributed by atoms with Gasteiger partial charge in [-0.1, -0.05) is 0 Å². The maximum absolute atomic E-state index is 9.58. The second-order valence-corrected chi connectivity index (χ2v) is 6.54. The van der Waals surface area contributed by atoms with Crippen LogP contribution in [-0.2, 0) is 24.6 Å². The van der Waals surface area contributed by atoms with E-state index in [0.29, 0.717) is 18.7 Å². The molecular formula is C18H21N5O. The molecule has 0 radical (unpaired) electrons. The van der Waals surface area contributed by atoms with E-state index in [-0.39, 0.29) is 6.10 Å². The molecule has 1 atom stereocenters. The Bertz CT molecular complexity index is 791. The number of fused-ring (bicyclic) bond motifs is 1. The number of hydrogen-bond acceptors (Lipinski definition) is 5. The Kier molecular flexibility index (Phi) is 3.95. The molecule has 1 saturated heterocycles. The van der Waals surface area contributed by atoms with Gasteiger partial charge in [-0.25, -0.2) is 4.98 Å². The Morgan fingerprint density at radius 3 is 3.00 bits per heavy atom. The number of rotatable bonds is 2. The number of hydrogen-bond donors (Lipinski definition) is 0. The van der Waals surface area contributed by atoms with Gasteiger partial charge in [0.05, 0.1) is 24.9 Å². The molecule has 1 fully saturated rings. The van der Waals surface area contributed by atoms with E-state index in [0.717, 1.165) is 30.8 Å². The van der Waals surface area contributed by atoms with Crippen molar-refractivity contribution in [3.8, 4) is 6.07 Å². The van der Waals surface area contributed by atoms with Crippen LogP contribution in [0.25, 0.3) is 0 Å². The topological polar surface area (TPSA) is 67.0 Å². The van der Waals surface area contributed by atoms with Crippen LogP contribution in [0.3, 0.4) is 0 Å². The number of pyridine rings is 1. The monoisotopic (exact) mass is 323 g/mol. The standard InChI is InChI=1S/C18H21N5O/c1-22-11-15(10-20-22)17-12-23(6-7-24-17)18-14(9-19)8-13-4-2-3-5-16(13)21-18/h8,10-11,17H,2-7,12H2,1H3/t17-/m1/s1. The van der Waals surface area contributed by atoms with Crippen LogP contribution in [0, 0.1) is 11.3 Å². The Labute approximate surface area is 141 Å². The first-order valence-electron chi connectivity index (χ1n) is 8.52. The fourth-order valence-corrected chi connectivity index (χ4v) is 3.60. The number of aromatic nitrogens is 3. The minimum absolute atomic E-state index is 0.0307. The summed E-state index contributed by atoms with van der Waals surface area (Å²) in [5.74, 6) is 0.815. The van der Waals surface area contributed by atoms with Crippen LogP contribution in [0.15, 0.2) is 18.5 Å². The fourth-order valence-electron chi connectivity index (χ4n) is 3.60. The van der Waals surface area contributed by atoms with Crippen molar-refractivity contribution in [1.82, 2.24) is 14.8 Å². The maximum atomic E-state index is 9.58. The fraction of sp³-hybridized carbons (Fsp3) is 0.500. The third-order valence-electron chi connectivity index (χ3n) is 4.86. The van der Waals surface area contributed by atoms with Crippen LogP contribution in [0.5, 0.6) is 0 Å². The van der Waals surface area contributed by atoms with E-state index in [2.05, 4.69) is 16.1 Å². The molecule has 124 valence electrons. The Morgan fingerprint density at radius 2 is 2.21 bits per heavy atom. The van der Waals surface area contributed by atoms with Crippen LogP contribution in [0.1, 0.15) is 41.3 Å². The first-order valence-corrected chi connectivity index (χ1v) is 8.52. The van der Waals surface area contributed by atoms with Crippen molar-refractivity contribution in [3.63, 3.8) is 0 Å². The van der Waals surface area contributed by atoms with Crippen LogP contribution in [0.4, 0.5) is 5.82 Å². The molecule has 0 aromatic carbocycles. The molecule has 2 aromatic heterocycles. The highest BCUT2D eigenvalue weighted by molar-refractivity contribution is 5.57. The molecule has 0 spiro atoms. The molecule has 2 aliphatic rings. The minimum Gasteiger partial charge on any atom is -0.370 e. The van der Waals surface area contributed by atoms with Gasteiger partial charge in [-0.05, 0) is 37.3 Å². The van der Waals surface area contributed by atoms with Gasteiger partial charge in [0.15, 0.2) is 0 Å². The Balaban J connectivity index is 1.64. The van der Waals surface area contributed by atoms with E-state index in [4.69, 9.17) is 9.72 Å². The summed E-state index contributed by atoms with van der Waals surface area (Å²) < 4.78 is 7.70. The van der Waals surface area contributed by atoms with E-state index in [1.165, 1.54) is 24.1 Å². The lowest BCUT2D eigenvalue weighted by Crippen LogP contribution is -2.39. The molecule has 0 unspecified atom stereocenters. The second-order valence-electron chi connectivity index (χ2n) is 6.54. The number of nitrogens with zero attached hydrogens (tertiary/aromatic N) is 5. The molecule has 0 amide bonds. The Morgan fingerprint density at radius 1 is 1.33 bits per heavy atom. The van der Waals surface area contributed by atoms with Gasteiger partial charge >= 0.3 is 0 Å². The molecule has 0 saturated carbocycles. The summed E-state index contributed by atoms with van der Waals surface area (Å²) in [6.45, 7) is 2.09. The molecular weight excluding hydrogens is 302 g/mol. The third kappa shape index (κ3) is 2.76. The van der Waals surface area contributed by atoms with Crippen molar-refractivity contribution < 1.29 is 4.74 Å². The molecule has 4 rings (SSSR count). The molecule has 0 N–H and O–H groups in total. The third-order valence-corrected chi connectivity index (χ3v) is 4.86. The first kappa shape index (κ1) is 15.2. The zero-order valence-electron chi connectivity index (χ0n) is 13.9. The molecule has 0 bridgehead atoms. The zero-order chi connectivity index (χ0) is 16.5. The lowest BCUT2D eigenvalue weighted by Gasteiger charge is -2.34. The normalized spacial score (nSPS) is 20.5. The molecule has 1 aliphatic heterocycles. The number of aryl methyl sites for hydroxylation is 3. The van der Waals surface area contributed by atoms with Gasteiger partial charge in [0.1, 0.15) is 18.0 Å². The van der Waals surface area contributed by atoms with Crippen molar-refractivity contribution in [2.75, 3.05) is 24.6 Å². The van der Waals surface area contributed by atoms with Gasteiger partial charge in [0.25, 0.3) is 0 Å². The SMILES string of the molecule is Cn1cc([C@H]2CN(c3nc4c(cc3C#N)CCCC4)CCO2)cn1. The smallest absolute Gasteiger partial charge is 0.147 e. The van der Waals surface area contributed by atoms with E-state index in [9.17, 15) is 5.26 Å². The average molecular weight is 323 g/mol. The van der Waals surface area contributed by atoms with Crippen molar-refractivity contribution >= 4 is 5.82 Å². The predicted molar refractivity (Wildman–Crippen MR) is 89.7 cm³/mol. The first-order chi connectivity index (χ1) is 11.7. The highest BCUT2D eigenvalue weighted by Gasteiger charge is 2.26. The summed E-state index contributed by atoms with van der Waals surface area (Å²) in [4.78, 5) is 7.06. The highest BCUT2D eigenvalue weighted by Crippen LogP contribution is 2.30. The quantitative estimate of drug-likeness (QED) is 0.847. The van der Waals surface area contributed by atoms with Gasteiger partial charge in [0, 0.05) is 31.0 Å². The summed E-state index contributed by atoms with van der Waals surface area (Å²) in [7, 11) is 1.91. The predicted octanol–water partition coefficient (Wildman–Crippen LogP) is 2.14. The number of nitriles is 1. The van der Waals surface area contributed by atoms with E-state index < -0.39 is 0 Å². The summed E-state index contributed by atoms with van der Waals surface area (Å²) in [6, 6.07) is 4.39.